The molecular formula is C10H17F2NO4. The molecule has 7 heteroatoms. The number of rotatable bonds is 4. The van der Waals surface area contributed by atoms with Crippen molar-refractivity contribution in [2.45, 2.75) is 46.1 Å². The molecule has 0 bridgehead atoms. The topological polar surface area (TPSA) is 83.5 Å². The van der Waals surface area contributed by atoms with Gasteiger partial charge in [-0.3, -0.25) is 9.59 Å². The van der Waals surface area contributed by atoms with Crippen LogP contribution in [0.2, 0.25) is 0 Å². The summed E-state index contributed by atoms with van der Waals surface area (Å²) in [5.74, 6) is -9.53. The first-order chi connectivity index (χ1) is 7.61. The number of carbonyl (C=O) groups is 3. The molecule has 1 atom stereocenters. The molecule has 100 valence electrons. The van der Waals surface area contributed by atoms with E-state index in [0.717, 1.165) is 13.8 Å². The first-order valence-corrected chi connectivity index (χ1v) is 5.03. The number of ketones is 1. The zero-order chi connectivity index (χ0) is 14.2. The highest BCUT2D eigenvalue weighted by atomic mass is 19.3. The van der Waals surface area contributed by atoms with Crippen LogP contribution >= 0.6 is 0 Å². The summed E-state index contributed by atoms with van der Waals surface area (Å²) < 4.78 is 25.1. The van der Waals surface area contributed by atoms with Crippen molar-refractivity contribution in [1.82, 2.24) is 5.32 Å². The average molecular weight is 253 g/mol. The predicted molar refractivity (Wildman–Crippen MR) is 56.8 cm³/mol. The number of carbonyl (C=O) groups excluding carboxylic acids is 2. The van der Waals surface area contributed by atoms with Gasteiger partial charge < -0.3 is 10.4 Å². The number of hydrogen-bond donors (Lipinski definition) is 2. The zero-order valence-corrected chi connectivity index (χ0v) is 10.2. The molecule has 0 fully saturated rings. The van der Waals surface area contributed by atoms with E-state index in [0.29, 0.717) is 0 Å². The summed E-state index contributed by atoms with van der Waals surface area (Å²) in [4.78, 5) is 31.2. The van der Waals surface area contributed by atoms with Gasteiger partial charge in [0.05, 0.1) is 6.04 Å². The van der Waals surface area contributed by atoms with Gasteiger partial charge in [0, 0.05) is 6.92 Å². The van der Waals surface area contributed by atoms with Crippen molar-refractivity contribution in [3.05, 3.63) is 0 Å². The normalized spacial score (nSPS) is 11.9. The number of alkyl halides is 2. The zero-order valence-electron chi connectivity index (χ0n) is 10.2. The number of carboxylic acids is 1. The first-order valence-electron chi connectivity index (χ1n) is 5.03. The van der Waals surface area contributed by atoms with Crippen LogP contribution in [0, 0.1) is 0 Å². The number of aliphatic carboxylic acids is 1. The third kappa shape index (κ3) is 6.60. The Morgan fingerprint density at radius 3 is 1.88 bits per heavy atom. The summed E-state index contributed by atoms with van der Waals surface area (Å²) in [6.45, 7) is 6.27. The number of halogens is 2. The second-order valence-electron chi connectivity index (χ2n) is 3.37. The number of amides is 1. The molecule has 0 rings (SSSR count). The Balaban J connectivity index is 0. The van der Waals surface area contributed by atoms with E-state index in [-0.39, 0.29) is 0 Å². The lowest BCUT2D eigenvalue weighted by Gasteiger charge is -2.15. The van der Waals surface area contributed by atoms with Gasteiger partial charge in [-0.15, -0.1) is 0 Å². The summed E-state index contributed by atoms with van der Waals surface area (Å²) in [5, 5.41) is 9.88. The SMILES string of the molecule is CC(=O)NC(C)C(=O)C(F)(F)C(=O)O.CCC. The maximum Gasteiger partial charge on any atom is 0.401 e. The number of Topliss-reactive ketones (excluding diaryl/α,β-unsaturated/α-hetero) is 1. The van der Waals surface area contributed by atoms with E-state index >= 15 is 0 Å². The van der Waals surface area contributed by atoms with Crippen molar-refractivity contribution in [2.24, 2.45) is 0 Å². The van der Waals surface area contributed by atoms with Gasteiger partial charge in [0.2, 0.25) is 11.7 Å². The minimum atomic E-state index is -4.47. The Morgan fingerprint density at radius 1 is 1.29 bits per heavy atom. The molecule has 0 aromatic heterocycles. The van der Waals surface area contributed by atoms with Crippen molar-refractivity contribution in [3.8, 4) is 0 Å². The highest BCUT2D eigenvalue weighted by Gasteiger charge is 2.49. The van der Waals surface area contributed by atoms with Gasteiger partial charge in [-0.05, 0) is 6.92 Å². The Labute approximate surface area is 98.2 Å². The first kappa shape index (κ1) is 17.9. The van der Waals surface area contributed by atoms with Gasteiger partial charge in [0.1, 0.15) is 0 Å². The molecule has 0 heterocycles. The molecule has 0 aliphatic rings. The molecule has 0 spiro atoms. The molecule has 17 heavy (non-hydrogen) atoms. The van der Waals surface area contributed by atoms with E-state index in [1.165, 1.54) is 6.42 Å². The standard InChI is InChI=1S/C7H9F2NO4.C3H8/c1-3(10-4(2)11)5(12)7(8,9)6(13)14;1-3-2/h3H,1-2H3,(H,10,11)(H,13,14);3H2,1-2H3. The monoisotopic (exact) mass is 253 g/mol. The van der Waals surface area contributed by atoms with Crippen LogP contribution < -0.4 is 5.32 Å². The molecule has 1 unspecified atom stereocenters. The summed E-state index contributed by atoms with van der Waals surface area (Å²) >= 11 is 0. The minimum absolute atomic E-state index is 0.688. The van der Waals surface area contributed by atoms with Crippen LogP contribution in [0.25, 0.3) is 0 Å². The van der Waals surface area contributed by atoms with Crippen molar-refractivity contribution in [1.29, 1.82) is 0 Å². The Kier molecular flexibility index (Phi) is 8.08. The molecule has 0 aliphatic heterocycles. The van der Waals surface area contributed by atoms with Crippen molar-refractivity contribution < 1.29 is 28.3 Å². The van der Waals surface area contributed by atoms with Crippen molar-refractivity contribution in [3.63, 3.8) is 0 Å². The second kappa shape index (κ2) is 7.70. The Hall–Kier alpha value is -1.53. The Morgan fingerprint density at radius 2 is 1.65 bits per heavy atom. The summed E-state index contributed by atoms with van der Waals surface area (Å²) in [7, 11) is 0. The third-order valence-corrected chi connectivity index (χ3v) is 1.39. The van der Waals surface area contributed by atoms with E-state index < -0.39 is 29.6 Å². The lowest BCUT2D eigenvalue weighted by atomic mass is 10.1. The maximum absolute atomic E-state index is 12.5. The fourth-order valence-corrected chi connectivity index (χ4v) is 0.748. The van der Waals surface area contributed by atoms with Crippen molar-refractivity contribution in [2.75, 3.05) is 0 Å². The smallest absolute Gasteiger partial charge is 0.401 e. The maximum atomic E-state index is 12.5. The van der Waals surface area contributed by atoms with E-state index in [9.17, 15) is 23.2 Å². The van der Waals surface area contributed by atoms with E-state index in [1.807, 2.05) is 5.32 Å². The van der Waals surface area contributed by atoms with Crippen LogP contribution in [-0.2, 0) is 14.4 Å². The van der Waals surface area contributed by atoms with E-state index in [4.69, 9.17) is 5.11 Å². The van der Waals surface area contributed by atoms with Gasteiger partial charge in [-0.1, -0.05) is 20.3 Å². The van der Waals surface area contributed by atoms with Crippen LogP contribution in [0.4, 0.5) is 8.78 Å². The molecule has 0 aliphatic carbocycles. The molecule has 0 aromatic rings. The quantitative estimate of drug-likeness (QED) is 0.738. The summed E-state index contributed by atoms with van der Waals surface area (Å²) in [6, 6.07) is -1.53. The van der Waals surface area contributed by atoms with Crippen LogP contribution in [-0.4, -0.2) is 34.7 Å². The average Bonchev–Trinajstić information content (AvgIpc) is 2.16. The molecule has 0 radical (unpaired) electrons. The van der Waals surface area contributed by atoms with Crippen LogP contribution in [0.1, 0.15) is 34.1 Å². The summed E-state index contributed by atoms with van der Waals surface area (Å²) in [5.41, 5.74) is 0. The number of carboxylic acid groups (broad SMARTS) is 1. The van der Waals surface area contributed by atoms with Crippen LogP contribution in [0.5, 0.6) is 0 Å². The molecule has 5 nitrogen and oxygen atoms in total. The van der Waals surface area contributed by atoms with Gasteiger partial charge in [0.25, 0.3) is 0 Å². The lowest BCUT2D eigenvalue weighted by molar-refractivity contribution is -0.172. The second-order valence-corrected chi connectivity index (χ2v) is 3.37. The third-order valence-electron chi connectivity index (χ3n) is 1.39. The molecule has 0 saturated heterocycles. The molecular weight excluding hydrogens is 236 g/mol. The van der Waals surface area contributed by atoms with Gasteiger partial charge >= 0.3 is 11.9 Å². The fraction of sp³-hybridized carbons (Fsp3) is 0.700. The summed E-state index contributed by atoms with van der Waals surface area (Å²) in [6.07, 6.45) is 1.25. The van der Waals surface area contributed by atoms with E-state index in [1.54, 1.807) is 0 Å². The largest absolute Gasteiger partial charge is 0.476 e. The van der Waals surface area contributed by atoms with Crippen molar-refractivity contribution >= 4 is 17.7 Å². The Bertz CT molecular complexity index is 292. The van der Waals surface area contributed by atoms with Gasteiger partial charge in [-0.2, -0.15) is 8.78 Å². The minimum Gasteiger partial charge on any atom is -0.476 e. The number of nitrogens with one attached hydrogen (secondary N) is 1. The molecule has 1 amide bonds. The highest BCUT2D eigenvalue weighted by molar-refractivity contribution is 6.07. The van der Waals surface area contributed by atoms with E-state index in [2.05, 4.69) is 13.8 Å². The lowest BCUT2D eigenvalue weighted by Crippen LogP contribution is -2.49. The molecule has 0 saturated carbocycles. The molecule has 0 aromatic carbocycles. The highest BCUT2D eigenvalue weighted by Crippen LogP contribution is 2.16. The number of hydrogen-bond acceptors (Lipinski definition) is 3. The van der Waals surface area contributed by atoms with Crippen LogP contribution in [0.15, 0.2) is 0 Å². The van der Waals surface area contributed by atoms with Gasteiger partial charge in [-0.25, -0.2) is 4.79 Å². The van der Waals surface area contributed by atoms with Gasteiger partial charge in [0.15, 0.2) is 0 Å². The van der Waals surface area contributed by atoms with Crippen LogP contribution in [0.3, 0.4) is 0 Å². The predicted octanol–water partition coefficient (Wildman–Crippen LogP) is 1.22. The molecule has 2 N–H and O–H groups in total. The fourth-order valence-electron chi connectivity index (χ4n) is 0.748.